The Morgan fingerprint density at radius 3 is 2.70 bits per heavy atom. The van der Waals surface area contributed by atoms with E-state index in [-0.39, 0.29) is 11.7 Å². The van der Waals surface area contributed by atoms with Crippen LogP contribution in [0.3, 0.4) is 0 Å². The van der Waals surface area contributed by atoms with Crippen molar-refractivity contribution in [1.29, 1.82) is 0 Å². The molecule has 0 radical (unpaired) electrons. The molecule has 1 atom stereocenters. The number of benzene rings is 1. The average molecular weight is 373 g/mol. The van der Waals surface area contributed by atoms with Gasteiger partial charge in [0.15, 0.2) is 17.3 Å². The van der Waals surface area contributed by atoms with E-state index >= 15 is 0 Å². The van der Waals surface area contributed by atoms with Crippen LogP contribution in [-0.4, -0.2) is 48.0 Å². The summed E-state index contributed by atoms with van der Waals surface area (Å²) < 4.78 is 10.5. The SMILES string of the molecule is COc1ccc(C(=O)C2CCCN(Cc3c[nH]c(=O)[nH]c3=O)C2)cc1OC. The Balaban J connectivity index is 1.73. The molecule has 1 aliphatic heterocycles. The third-order valence-electron chi connectivity index (χ3n) is 4.83. The molecule has 2 aromatic rings. The van der Waals surface area contributed by atoms with Gasteiger partial charge < -0.3 is 14.5 Å². The van der Waals surface area contributed by atoms with Gasteiger partial charge in [-0.05, 0) is 37.6 Å². The maximum absolute atomic E-state index is 12.9. The second kappa shape index (κ2) is 8.22. The van der Waals surface area contributed by atoms with Gasteiger partial charge in [0.25, 0.3) is 5.56 Å². The number of methoxy groups -OCH3 is 2. The number of ether oxygens (including phenoxy) is 2. The Bertz CT molecular complexity index is 933. The van der Waals surface area contributed by atoms with Crippen molar-refractivity contribution < 1.29 is 14.3 Å². The number of piperidine rings is 1. The molecular formula is C19H23N3O5. The van der Waals surface area contributed by atoms with Crippen LogP contribution >= 0.6 is 0 Å². The monoisotopic (exact) mass is 373 g/mol. The molecular weight excluding hydrogens is 350 g/mol. The van der Waals surface area contributed by atoms with E-state index in [1.807, 2.05) is 0 Å². The highest BCUT2D eigenvalue weighted by Crippen LogP contribution is 2.30. The molecule has 1 aromatic heterocycles. The fourth-order valence-electron chi connectivity index (χ4n) is 3.43. The molecule has 0 amide bonds. The first-order valence-corrected chi connectivity index (χ1v) is 8.81. The molecule has 0 bridgehead atoms. The van der Waals surface area contributed by atoms with E-state index in [1.165, 1.54) is 13.3 Å². The van der Waals surface area contributed by atoms with Gasteiger partial charge in [-0.1, -0.05) is 0 Å². The summed E-state index contributed by atoms with van der Waals surface area (Å²) in [6, 6.07) is 5.18. The number of hydrogen-bond donors (Lipinski definition) is 2. The van der Waals surface area contributed by atoms with Crippen molar-refractivity contribution in [2.24, 2.45) is 5.92 Å². The minimum atomic E-state index is -0.524. The molecule has 2 heterocycles. The molecule has 0 spiro atoms. The van der Waals surface area contributed by atoms with Crippen LogP contribution in [0.4, 0.5) is 0 Å². The Hall–Kier alpha value is -2.87. The summed E-state index contributed by atoms with van der Waals surface area (Å²) in [6.07, 6.45) is 3.09. The van der Waals surface area contributed by atoms with Crippen molar-refractivity contribution in [3.63, 3.8) is 0 Å². The third-order valence-corrected chi connectivity index (χ3v) is 4.83. The largest absolute Gasteiger partial charge is 0.493 e. The minimum Gasteiger partial charge on any atom is -0.493 e. The first-order chi connectivity index (χ1) is 13.0. The molecule has 1 aromatic carbocycles. The molecule has 27 heavy (non-hydrogen) atoms. The van der Waals surface area contributed by atoms with Gasteiger partial charge >= 0.3 is 5.69 Å². The zero-order chi connectivity index (χ0) is 19.4. The number of nitrogens with zero attached hydrogens (tertiary/aromatic N) is 1. The highest BCUT2D eigenvalue weighted by atomic mass is 16.5. The number of likely N-dealkylation sites (tertiary alicyclic amines) is 1. The van der Waals surface area contributed by atoms with E-state index in [4.69, 9.17) is 9.47 Å². The summed E-state index contributed by atoms with van der Waals surface area (Å²) >= 11 is 0. The van der Waals surface area contributed by atoms with E-state index in [0.717, 1.165) is 19.4 Å². The van der Waals surface area contributed by atoms with Gasteiger partial charge in [0.2, 0.25) is 0 Å². The van der Waals surface area contributed by atoms with Crippen LogP contribution in [-0.2, 0) is 6.54 Å². The van der Waals surface area contributed by atoms with Crippen LogP contribution in [0, 0.1) is 5.92 Å². The lowest BCUT2D eigenvalue weighted by Gasteiger charge is -2.31. The predicted molar refractivity (Wildman–Crippen MR) is 99.6 cm³/mol. The van der Waals surface area contributed by atoms with Crippen LogP contribution in [0.25, 0.3) is 0 Å². The molecule has 0 saturated carbocycles. The van der Waals surface area contributed by atoms with Gasteiger partial charge in [-0.2, -0.15) is 0 Å². The molecule has 8 heteroatoms. The number of aromatic amines is 2. The average Bonchev–Trinajstić information content (AvgIpc) is 2.69. The number of carbonyl (C=O) groups is 1. The molecule has 3 rings (SSSR count). The number of ketones is 1. The highest BCUT2D eigenvalue weighted by molar-refractivity contribution is 5.98. The summed E-state index contributed by atoms with van der Waals surface area (Å²) in [6.45, 7) is 1.75. The van der Waals surface area contributed by atoms with E-state index in [1.54, 1.807) is 25.3 Å². The molecule has 2 N–H and O–H groups in total. The molecule has 0 aliphatic carbocycles. The van der Waals surface area contributed by atoms with Crippen LogP contribution in [0.15, 0.2) is 34.0 Å². The Morgan fingerprint density at radius 1 is 1.22 bits per heavy atom. The Morgan fingerprint density at radius 2 is 2.00 bits per heavy atom. The van der Waals surface area contributed by atoms with Crippen molar-refractivity contribution in [2.75, 3.05) is 27.3 Å². The maximum Gasteiger partial charge on any atom is 0.325 e. The standard InChI is InChI=1S/C19H23N3O5/c1-26-15-6-5-12(8-16(15)27-2)17(23)13-4-3-7-22(10-13)11-14-9-20-19(25)21-18(14)24/h5-6,8-9,13H,3-4,7,10-11H2,1-2H3,(H2,20,21,24,25). The molecule has 1 aliphatic rings. The zero-order valence-corrected chi connectivity index (χ0v) is 15.4. The van der Waals surface area contributed by atoms with E-state index in [9.17, 15) is 14.4 Å². The first kappa shape index (κ1) is 18.9. The van der Waals surface area contributed by atoms with Gasteiger partial charge in [-0.15, -0.1) is 0 Å². The van der Waals surface area contributed by atoms with Gasteiger partial charge in [0.1, 0.15) is 0 Å². The lowest BCUT2D eigenvalue weighted by molar-refractivity contribution is 0.0810. The Labute approximate surface area is 156 Å². The Kier molecular flexibility index (Phi) is 5.75. The van der Waals surface area contributed by atoms with Crippen molar-refractivity contribution in [1.82, 2.24) is 14.9 Å². The maximum atomic E-state index is 12.9. The molecule has 8 nitrogen and oxygen atoms in total. The van der Waals surface area contributed by atoms with Gasteiger partial charge in [0.05, 0.1) is 14.2 Å². The molecule has 144 valence electrons. The first-order valence-electron chi connectivity index (χ1n) is 8.81. The van der Waals surface area contributed by atoms with Crippen molar-refractivity contribution in [3.05, 3.63) is 56.4 Å². The van der Waals surface area contributed by atoms with E-state index < -0.39 is 11.2 Å². The van der Waals surface area contributed by atoms with Crippen LogP contribution < -0.4 is 20.7 Å². The summed E-state index contributed by atoms with van der Waals surface area (Å²) in [7, 11) is 3.09. The minimum absolute atomic E-state index is 0.0519. The fraction of sp³-hybridized carbons (Fsp3) is 0.421. The second-order valence-corrected chi connectivity index (χ2v) is 6.61. The second-order valence-electron chi connectivity index (χ2n) is 6.61. The number of Topliss-reactive ketones (excluding diaryl/α,β-unsaturated/α-hetero) is 1. The van der Waals surface area contributed by atoms with E-state index in [0.29, 0.717) is 35.7 Å². The van der Waals surface area contributed by atoms with Gasteiger partial charge in [-0.3, -0.25) is 19.5 Å². The molecule has 1 unspecified atom stereocenters. The number of hydrogen-bond acceptors (Lipinski definition) is 6. The molecule has 1 fully saturated rings. The van der Waals surface area contributed by atoms with Crippen LogP contribution in [0.1, 0.15) is 28.8 Å². The third kappa shape index (κ3) is 4.28. The number of nitrogens with one attached hydrogen (secondary N) is 2. The predicted octanol–water partition coefficient (Wildman–Crippen LogP) is 1.18. The van der Waals surface area contributed by atoms with Gasteiger partial charge in [-0.25, -0.2) is 4.79 Å². The summed E-state index contributed by atoms with van der Waals surface area (Å²) in [4.78, 5) is 42.7. The lowest BCUT2D eigenvalue weighted by Crippen LogP contribution is -2.40. The summed E-state index contributed by atoms with van der Waals surface area (Å²) in [5.74, 6) is 1.00. The summed E-state index contributed by atoms with van der Waals surface area (Å²) in [5, 5.41) is 0. The van der Waals surface area contributed by atoms with E-state index in [2.05, 4.69) is 14.9 Å². The van der Waals surface area contributed by atoms with Crippen LogP contribution in [0.2, 0.25) is 0 Å². The van der Waals surface area contributed by atoms with Crippen molar-refractivity contribution in [3.8, 4) is 11.5 Å². The fourth-order valence-corrected chi connectivity index (χ4v) is 3.43. The lowest BCUT2D eigenvalue weighted by atomic mass is 9.89. The number of aromatic nitrogens is 2. The smallest absolute Gasteiger partial charge is 0.325 e. The number of rotatable bonds is 6. The normalized spacial score (nSPS) is 17.5. The number of H-pyrrole nitrogens is 2. The van der Waals surface area contributed by atoms with Crippen LogP contribution in [0.5, 0.6) is 11.5 Å². The van der Waals surface area contributed by atoms with Crippen molar-refractivity contribution in [2.45, 2.75) is 19.4 Å². The van der Waals surface area contributed by atoms with Gasteiger partial charge in [0, 0.05) is 36.3 Å². The van der Waals surface area contributed by atoms with Crippen molar-refractivity contribution >= 4 is 5.78 Å². The number of carbonyl (C=O) groups excluding carboxylic acids is 1. The molecule has 1 saturated heterocycles. The quantitative estimate of drug-likeness (QED) is 0.737. The highest BCUT2D eigenvalue weighted by Gasteiger charge is 2.27. The zero-order valence-electron chi connectivity index (χ0n) is 15.4. The summed E-state index contributed by atoms with van der Waals surface area (Å²) in [5.41, 5.74) is 0.145. The topological polar surface area (TPSA) is 104 Å².